The molecule has 1 saturated heterocycles. The number of rotatable bonds is 4. The van der Waals surface area contributed by atoms with E-state index in [1.54, 1.807) is 6.20 Å². The monoisotopic (exact) mass is 288 g/mol. The Balaban J connectivity index is 1.95. The van der Waals surface area contributed by atoms with Crippen LogP contribution >= 0.6 is 11.6 Å². The Bertz CT molecular complexity index is 478. The Morgan fingerprint density at radius 1 is 1.44 bits per heavy atom. The van der Waals surface area contributed by atoms with E-state index < -0.39 is 10.0 Å². The summed E-state index contributed by atoms with van der Waals surface area (Å²) in [4.78, 5) is 4.13. The van der Waals surface area contributed by atoms with Crippen LogP contribution in [0.3, 0.4) is 0 Å². The first kappa shape index (κ1) is 13.8. The van der Waals surface area contributed by atoms with Crippen molar-refractivity contribution < 1.29 is 8.42 Å². The minimum atomic E-state index is -3.21. The van der Waals surface area contributed by atoms with Gasteiger partial charge in [0.05, 0.1) is 5.75 Å². The fraction of sp³-hybridized carbons (Fsp3) is 0.583. The Hall–Kier alpha value is -0.650. The van der Waals surface area contributed by atoms with Crippen molar-refractivity contribution in [1.29, 1.82) is 0 Å². The number of halogens is 1. The molecule has 2 heterocycles. The van der Waals surface area contributed by atoms with Crippen LogP contribution in [0, 0.1) is 0 Å². The lowest BCUT2D eigenvalue weighted by Gasteiger charge is -2.28. The second-order valence-corrected chi connectivity index (χ2v) is 7.19. The molecule has 18 heavy (non-hydrogen) atoms. The summed E-state index contributed by atoms with van der Waals surface area (Å²) < 4.78 is 25.8. The molecule has 1 aromatic heterocycles. The molecule has 0 spiro atoms. The number of aromatic nitrogens is 1. The molecule has 1 fully saturated rings. The van der Waals surface area contributed by atoms with Crippen molar-refractivity contribution in [3.8, 4) is 0 Å². The van der Waals surface area contributed by atoms with Crippen molar-refractivity contribution in [3.05, 3.63) is 30.1 Å². The van der Waals surface area contributed by atoms with Crippen molar-refractivity contribution >= 4 is 21.6 Å². The number of hydrogen-bond donors (Lipinski definition) is 0. The van der Waals surface area contributed by atoms with E-state index in [2.05, 4.69) is 4.98 Å². The Morgan fingerprint density at radius 3 is 2.94 bits per heavy atom. The van der Waals surface area contributed by atoms with E-state index in [-0.39, 0.29) is 11.1 Å². The quantitative estimate of drug-likeness (QED) is 0.792. The number of piperidine rings is 1. The number of aryl methyl sites for hydroxylation is 1. The summed E-state index contributed by atoms with van der Waals surface area (Å²) in [6, 6.07) is 5.53. The number of nitrogens with zero attached hydrogens (tertiary/aromatic N) is 2. The number of alkyl halides is 1. The van der Waals surface area contributed by atoms with Crippen LogP contribution < -0.4 is 0 Å². The molecule has 0 aromatic carbocycles. The molecule has 6 heteroatoms. The minimum absolute atomic E-state index is 0.0524. The maximum absolute atomic E-state index is 12.1. The summed E-state index contributed by atoms with van der Waals surface area (Å²) in [7, 11) is -3.21. The van der Waals surface area contributed by atoms with E-state index in [0.29, 0.717) is 19.5 Å². The van der Waals surface area contributed by atoms with Crippen LogP contribution in [-0.2, 0) is 16.4 Å². The first-order chi connectivity index (χ1) is 8.58. The van der Waals surface area contributed by atoms with Gasteiger partial charge in [-0.25, -0.2) is 12.7 Å². The lowest BCUT2D eigenvalue weighted by molar-refractivity contribution is 0.350. The van der Waals surface area contributed by atoms with Crippen LogP contribution in [-0.4, -0.2) is 41.9 Å². The second-order valence-electron chi connectivity index (χ2n) is 4.48. The zero-order valence-corrected chi connectivity index (χ0v) is 11.7. The van der Waals surface area contributed by atoms with Crippen LogP contribution in [0.15, 0.2) is 24.4 Å². The molecular weight excluding hydrogens is 272 g/mol. The summed E-state index contributed by atoms with van der Waals surface area (Å²) in [6.07, 6.45) is 3.87. The van der Waals surface area contributed by atoms with E-state index in [1.807, 2.05) is 18.2 Å². The molecule has 0 saturated carbocycles. The van der Waals surface area contributed by atoms with Gasteiger partial charge in [-0.3, -0.25) is 4.98 Å². The highest BCUT2D eigenvalue weighted by Crippen LogP contribution is 2.18. The minimum Gasteiger partial charge on any atom is -0.261 e. The van der Waals surface area contributed by atoms with Crippen molar-refractivity contribution in [3.63, 3.8) is 0 Å². The van der Waals surface area contributed by atoms with Gasteiger partial charge in [0.15, 0.2) is 0 Å². The van der Waals surface area contributed by atoms with E-state index in [4.69, 9.17) is 11.6 Å². The third kappa shape index (κ3) is 3.67. The highest BCUT2D eigenvalue weighted by Gasteiger charge is 2.27. The van der Waals surface area contributed by atoms with Crippen molar-refractivity contribution in [2.24, 2.45) is 0 Å². The SMILES string of the molecule is O=S(=O)(CCc1ccccn1)N1CCCC(Cl)C1. The Kier molecular flexibility index (Phi) is 4.59. The summed E-state index contributed by atoms with van der Waals surface area (Å²) in [5.41, 5.74) is 0.806. The average Bonchev–Trinajstić information content (AvgIpc) is 2.38. The summed E-state index contributed by atoms with van der Waals surface area (Å²) in [5.74, 6) is 0.105. The summed E-state index contributed by atoms with van der Waals surface area (Å²) in [5, 5.41) is -0.0524. The molecule has 0 radical (unpaired) electrons. The average molecular weight is 289 g/mol. The van der Waals surface area contributed by atoms with Crippen LogP contribution in [0.2, 0.25) is 0 Å². The summed E-state index contributed by atoms with van der Waals surface area (Å²) >= 11 is 6.02. The first-order valence-electron chi connectivity index (χ1n) is 6.10. The maximum atomic E-state index is 12.1. The van der Waals surface area contributed by atoms with Crippen molar-refractivity contribution in [2.75, 3.05) is 18.8 Å². The van der Waals surface area contributed by atoms with Gasteiger partial charge in [-0.15, -0.1) is 11.6 Å². The molecule has 1 unspecified atom stereocenters. The van der Waals surface area contributed by atoms with Crippen LogP contribution in [0.5, 0.6) is 0 Å². The molecule has 0 aliphatic carbocycles. The topological polar surface area (TPSA) is 50.3 Å². The zero-order valence-electron chi connectivity index (χ0n) is 10.1. The molecule has 1 aromatic rings. The first-order valence-corrected chi connectivity index (χ1v) is 8.14. The van der Waals surface area contributed by atoms with Crippen molar-refractivity contribution in [1.82, 2.24) is 9.29 Å². The molecule has 1 aliphatic heterocycles. The molecular formula is C12H17ClN2O2S. The molecule has 1 atom stereocenters. The van der Waals surface area contributed by atoms with Crippen molar-refractivity contribution in [2.45, 2.75) is 24.6 Å². The molecule has 100 valence electrons. The number of hydrogen-bond acceptors (Lipinski definition) is 3. The highest BCUT2D eigenvalue weighted by atomic mass is 35.5. The van der Waals surface area contributed by atoms with E-state index in [0.717, 1.165) is 18.5 Å². The van der Waals surface area contributed by atoms with Gasteiger partial charge in [-0.05, 0) is 25.0 Å². The predicted octanol–water partition coefficient (Wildman–Crippen LogP) is 1.66. The lowest BCUT2D eigenvalue weighted by Crippen LogP contribution is -2.41. The van der Waals surface area contributed by atoms with Gasteiger partial charge in [0.1, 0.15) is 0 Å². The van der Waals surface area contributed by atoms with Gasteiger partial charge >= 0.3 is 0 Å². The van der Waals surface area contributed by atoms with Crippen LogP contribution in [0.25, 0.3) is 0 Å². The molecule has 0 amide bonds. The Labute approximate surface area is 113 Å². The fourth-order valence-corrected chi connectivity index (χ4v) is 4.00. The van der Waals surface area contributed by atoms with E-state index >= 15 is 0 Å². The predicted molar refractivity (Wildman–Crippen MR) is 72.2 cm³/mol. The molecule has 1 aliphatic rings. The zero-order chi connectivity index (χ0) is 13.0. The number of pyridine rings is 1. The van der Waals surface area contributed by atoms with Gasteiger partial charge in [-0.1, -0.05) is 6.07 Å². The Morgan fingerprint density at radius 2 is 2.28 bits per heavy atom. The van der Waals surface area contributed by atoms with E-state index in [1.165, 1.54) is 4.31 Å². The summed E-state index contributed by atoms with van der Waals surface area (Å²) in [6.45, 7) is 1.03. The van der Waals surface area contributed by atoms with Crippen LogP contribution in [0.1, 0.15) is 18.5 Å². The van der Waals surface area contributed by atoms with Gasteiger partial charge < -0.3 is 0 Å². The molecule has 0 bridgehead atoms. The largest absolute Gasteiger partial charge is 0.261 e. The normalized spacial score (nSPS) is 21.9. The molecule has 0 N–H and O–H groups in total. The highest BCUT2D eigenvalue weighted by molar-refractivity contribution is 7.89. The van der Waals surface area contributed by atoms with Gasteiger partial charge in [-0.2, -0.15) is 0 Å². The third-order valence-electron chi connectivity index (χ3n) is 3.06. The maximum Gasteiger partial charge on any atom is 0.214 e. The second kappa shape index (κ2) is 5.99. The van der Waals surface area contributed by atoms with Crippen LogP contribution in [0.4, 0.5) is 0 Å². The van der Waals surface area contributed by atoms with Gasteiger partial charge in [0.25, 0.3) is 0 Å². The molecule has 2 rings (SSSR count). The lowest BCUT2D eigenvalue weighted by atomic mass is 10.2. The van der Waals surface area contributed by atoms with E-state index in [9.17, 15) is 8.42 Å². The smallest absolute Gasteiger partial charge is 0.214 e. The van der Waals surface area contributed by atoms with Gasteiger partial charge in [0.2, 0.25) is 10.0 Å². The van der Waals surface area contributed by atoms with Gasteiger partial charge in [0, 0.05) is 36.8 Å². The number of sulfonamides is 1. The fourth-order valence-electron chi connectivity index (χ4n) is 2.05. The standard InChI is InChI=1S/C12H17ClN2O2S/c13-11-4-3-8-15(10-11)18(16,17)9-6-12-5-1-2-7-14-12/h1-2,5,7,11H,3-4,6,8-10H2. The molecule has 4 nitrogen and oxygen atoms in total. The third-order valence-corrected chi connectivity index (χ3v) is 5.26.